The predicted molar refractivity (Wildman–Crippen MR) is 107 cm³/mol. The number of carbonyl (C=O) groups is 2. The number of carbonyl (C=O) groups excluding carboxylic acids is 2. The van der Waals surface area contributed by atoms with E-state index >= 15 is 0 Å². The Kier molecular flexibility index (Phi) is 5.07. The number of amides is 2. The quantitative estimate of drug-likeness (QED) is 0.807. The van der Waals surface area contributed by atoms with Crippen LogP contribution in [0, 0.1) is 0 Å². The van der Waals surface area contributed by atoms with Crippen molar-refractivity contribution < 1.29 is 9.59 Å². The molecular formula is C20H28N6O2. The van der Waals surface area contributed by atoms with Gasteiger partial charge in [0.05, 0.1) is 11.1 Å². The van der Waals surface area contributed by atoms with Crippen molar-refractivity contribution in [3.05, 3.63) is 30.0 Å². The molecule has 3 heterocycles. The van der Waals surface area contributed by atoms with E-state index in [1.54, 1.807) is 4.90 Å². The molecule has 1 aromatic heterocycles. The maximum atomic E-state index is 13.1. The standard InChI is InChI=1S/C20H28N6O2/c1-20(2,26-9-7-21-8-10-26)19(28)25-13-11-24(12-14-25)18(27)17-15-5-3-4-6-16(15)22-23-17/h3-6,21H,7-14H2,1-2H3,(H,22,23). The number of para-hydroxylation sites is 1. The van der Waals surface area contributed by atoms with Crippen molar-refractivity contribution in [3.63, 3.8) is 0 Å². The number of nitrogens with zero attached hydrogens (tertiary/aromatic N) is 4. The molecule has 4 rings (SSSR count). The summed E-state index contributed by atoms with van der Waals surface area (Å²) in [4.78, 5) is 32.0. The zero-order chi connectivity index (χ0) is 19.7. The summed E-state index contributed by atoms with van der Waals surface area (Å²) >= 11 is 0. The Morgan fingerprint density at radius 1 is 0.964 bits per heavy atom. The number of hydrogen-bond acceptors (Lipinski definition) is 5. The van der Waals surface area contributed by atoms with Gasteiger partial charge < -0.3 is 15.1 Å². The number of aromatic nitrogens is 2. The Balaban J connectivity index is 1.40. The van der Waals surface area contributed by atoms with Gasteiger partial charge in [-0.15, -0.1) is 0 Å². The number of nitrogens with one attached hydrogen (secondary N) is 2. The molecule has 2 aliphatic heterocycles. The number of rotatable bonds is 3. The summed E-state index contributed by atoms with van der Waals surface area (Å²) in [6.07, 6.45) is 0. The van der Waals surface area contributed by atoms with Gasteiger partial charge in [0.2, 0.25) is 5.91 Å². The number of hydrogen-bond donors (Lipinski definition) is 2. The van der Waals surface area contributed by atoms with Crippen LogP contribution in [0.4, 0.5) is 0 Å². The van der Waals surface area contributed by atoms with Crippen LogP contribution in [-0.4, -0.2) is 94.6 Å². The van der Waals surface area contributed by atoms with E-state index in [9.17, 15) is 9.59 Å². The number of aromatic amines is 1. The third-order valence-electron chi connectivity index (χ3n) is 5.96. The topological polar surface area (TPSA) is 84.6 Å². The van der Waals surface area contributed by atoms with E-state index in [1.807, 2.05) is 43.0 Å². The first kappa shape index (κ1) is 18.9. The molecule has 0 bridgehead atoms. The Hall–Kier alpha value is -2.45. The molecule has 1 aromatic carbocycles. The van der Waals surface area contributed by atoms with Crippen LogP contribution in [0.25, 0.3) is 10.9 Å². The zero-order valence-electron chi connectivity index (χ0n) is 16.6. The van der Waals surface area contributed by atoms with Gasteiger partial charge in [0.15, 0.2) is 5.69 Å². The van der Waals surface area contributed by atoms with Crippen LogP contribution in [0.5, 0.6) is 0 Å². The van der Waals surface area contributed by atoms with Crippen LogP contribution in [0.1, 0.15) is 24.3 Å². The van der Waals surface area contributed by atoms with Gasteiger partial charge in [0.25, 0.3) is 5.91 Å². The van der Waals surface area contributed by atoms with E-state index in [0.29, 0.717) is 31.9 Å². The molecule has 2 fully saturated rings. The molecule has 28 heavy (non-hydrogen) atoms. The van der Waals surface area contributed by atoms with Gasteiger partial charge in [-0.1, -0.05) is 18.2 Å². The van der Waals surface area contributed by atoms with Crippen molar-refractivity contribution in [2.45, 2.75) is 19.4 Å². The van der Waals surface area contributed by atoms with E-state index in [0.717, 1.165) is 37.1 Å². The fourth-order valence-corrected chi connectivity index (χ4v) is 4.13. The Bertz CT molecular complexity index is 862. The van der Waals surface area contributed by atoms with E-state index in [-0.39, 0.29) is 11.8 Å². The molecule has 0 saturated carbocycles. The molecular weight excluding hydrogens is 356 g/mol. The SMILES string of the molecule is CC(C)(C(=O)N1CCN(C(=O)c2n[nH]c3ccccc23)CC1)N1CCNCC1. The molecule has 8 nitrogen and oxygen atoms in total. The van der Waals surface area contributed by atoms with Crippen molar-refractivity contribution >= 4 is 22.7 Å². The van der Waals surface area contributed by atoms with E-state index in [4.69, 9.17) is 0 Å². The van der Waals surface area contributed by atoms with Crippen molar-refractivity contribution in [1.29, 1.82) is 0 Å². The summed E-state index contributed by atoms with van der Waals surface area (Å²) in [5.41, 5.74) is 0.793. The van der Waals surface area contributed by atoms with Crippen LogP contribution >= 0.6 is 0 Å². The van der Waals surface area contributed by atoms with E-state index in [1.165, 1.54) is 0 Å². The van der Waals surface area contributed by atoms with Crippen molar-refractivity contribution in [2.24, 2.45) is 0 Å². The average Bonchev–Trinajstić information content (AvgIpc) is 3.17. The molecule has 2 aliphatic rings. The fourth-order valence-electron chi connectivity index (χ4n) is 4.13. The van der Waals surface area contributed by atoms with Gasteiger partial charge in [-0.2, -0.15) is 5.10 Å². The van der Waals surface area contributed by atoms with Crippen LogP contribution < -0.4 is 5.32 Å². The minimum absolute atomic E-state index is 0.0779. The molecule has 150 valence electrons. The molecule has 0 spiro atoms. The van der Waals surface area contributed by atoms with Gasteiger partial charge in [0, 0.05) is 57.7 Å². The lowest BCUT2D eigenvalue weighted by atomic mass is 9.99. The van der Waals surface area contributed by atoms with Crippen LogP contribution in [0.3, 0.4) is 0 Å². The highest BCUT2D eigenvalue weighted by molar-refractivity contribution is 6.04. The lowest BCUT2D eigenvalue weighted by Crippen LogP contribution is -2.63. The van der Waals surface area contributed by atoms with Gasteiger partial charge in [-0.05, 0) is 19.9 Å². The normalized spacial score (nSPS) is 19.2. The second kappa shape index (κ2) is 7.52. The smallest absolute Gasteiger partial charge is 0.275 e. The van der Waals surface area contributed by atoms with Crippen molar-refractivity contribution in [3.8, 4) is 0 Å². The maximum Gasteiger partial charge on any atom is 0.275 e. The highest BCUT2D eigenvalue weighted by atomic mass is 16.2. The van der Waals surface area contributed by atoms with Gasteiger partial charge in [0.1, 0.15) is 0 Å². The first-order valence-corrected chi connectivity index (χ1v) is 9.96. The highest BCUT2D eigenvalue weighted by Crippen LogP contribution is 2.21. The third kappa shape index (κ3) is 3.38. The summed E-state index contributed by atoms with van der Waals surface area (Å²) in [5, 5.41) is 11.3. The molecule has 0 aliphatic carbocycles. The summed E-state index contributed by atoms with van der Waals surface area (Å²) in [6.45, 7) is 9.78. The molecule has 0 unspecified atom stereocenters. The molecule has 8 heteroatoms. The number of H-pyrrole nitrogens is 1. The number of benzene rings is 1. The molecule has 2 saturated heterocycles. The predicted octanol–water partition coefficient (Wildman–Crippen LogP) is 0.531. The molecule has 0 radical (unpaired) electrons. The van der Waals surface area contributed by atoms with Crippen LogP contribution in [0.15, 0.2) is 24.3 Å². The van der Waals surface area contributed by atoms with Gasteiger partial charge in [-0.25, -0.2) is 0 Å². The lowest BCUT2D eigenvalue weighted by molar-refractivity contribution is -0.144. The Labute approximate surface area is 164 Å². The molecule has 2 aromatic rings. The summed E-state index contributed by atoms with van der Waals surface area (Å²) in [6, 6.07) is 7.64. The fraction of sp³-hybridized carbons (Fsp3) is 0.550. The monoisotopic (exact) mass is 384 g/mol. The summed E-state index contributed by atoms with van der Waals surface area (Å²) in [7, 11) is 0. The third-order valence-corrected chi connectivity index (χ3v) is 5.96. The van der Waals surface area contributed by atoms with Gasteiger partial charge >= 0.3 is 0 Å². The Morgan fingerprint density at radius 2 is 1.61 bits per heavy atom. The van der Waals surface area contributed by atoms with Crippen LogP contribution in [0.2, 0.25) is 0 Å². The summed E-state index contributed by atoms with van der Waals surface area (Å²) < 4.78 is 0. The first-order chi connectivity index (χ1) is 13.5. The second-order valence-corrected chi connectivity index (χ2v) is 8.00. The van der Waals surface area contributed by atoms with Crippen molar-refractivity contribution in [1.82, 2.24) is 30.2 Å². The summed E-state index contributed by atoms with van der Waals surface area (Å²) in [5.74, 6) is 0.0673. The highest BCUT2D eigenvalue weighted by Gasteiger charge is 2.39. The maximum absolute atomic E-state index is 13.1. The minimum Gasteiger partial charge on any atom is -0.338 e. The number of piperazine rings is 2. The van der Waals surface area contributed by atoms with E-state index < -0.39 is 5.54 Å². The minimum atomic E-state index is -0.521. The second-order valence-electron chi connectivity index (χ2n) is 8.00. The molecule has 2 amide bonds. The molecule has 0 atom stereocenters. The first-order valence-electron chi connectivity index (χ1n) is 9.96. The lowest BCUT2D eigenvalue weighted by Gasteiger charge is -2.44. The van der Waals surface area contributed by atoms with Crippen molar-refractivity contribution in [2.75, 3.05) is 52.4 Å². The largest absolute Gasteiger partial charge is 0.338 e. The van der Waals surface area contributed by atoms with E-state index in [2.05, 4.69) is 20.4 Å². The zero-order valence-corrected chi connectivity index (χ0v) is 16.6. The molecule has 2 N–H and O–H groups in total. The van der Waals surface area contributed by atoms with Gasteiger partial charge in [-0.3, -0.25) is 19.6 Å². The Morgan fingerprint density at radius 3 is 2.32 bits per heavy atom. The van der Waals surface area contributed by atoms with Crippen LogP contribution in [-0.2, 0) is 4.79 Å². The average molecular weight is 384 g/mol. The number of fused-ring (bicyclic) bond motifs is 1.